The molecule has 1 aromatic carbocycles. The molecule has 0 saturated carbocycles. The molecular weight excluding hydrogens is 202 g/mol. The van der Waals surface area contributed by atoms with Crippen molar-refractivity contribution < 1.29 is 4.74 Å². The van der Waals surface area contributed by atoms with E-state index in [-0.39, 0.29) is 0 Å². The van der Waals surface area contributed by atoms with E-state index in [9.17, 15) is 0 Å². The lowest BCUT2D eigenvalue weighted by molar-refractivity contribution is 0.187. The van der Waals surface area contributed by atoms with Crippen LogP contribution in [-0.4, -0.2) is 19.8 Å². The van der Waals surface area contributed by atoms with Crippen LogP contribution in [0.1, 0.15) is 12.0 Å². The first-order valence-corrected chi connectivity index (χ1v) is 5.41. The second-order valence-corrected chi connectivity index (χ2v) is 4.02. The normalized spacial score (nSPS) is 19.3. The van der Waals surface area contributed by atoms with Gasteiger partial charge in [0.1, 0.15) is 0 Å². The standard InChI is InChI=1S/C12H15N3O/c13-6-9-1-2-12(11(14)5-9)15-7-10-3-4-16-8-10/h1-2,5,10,15H,3-4,7-8,14H2. The molecule has 0 aromatic heterocycles. The van der Waals surface area contributed by atoms with E-state index >= 15 is 0 Å². The third kappa shape index (κ3) is 2.44. The summed E-state index contributed by atoms with van der Waals surface area (Å²) in [6.45, 7) is 2.55. The molecule has 4 nitrogen and oxygen atoms in total. The van der Waals surface area contributed by atoms with Gasteiger partial charge in [-0.2, -0.15) is 5.26 Å². The minimum Gasteiger partial charge on any atom is -0.397 e. The first-order chi connectivity index (χ1) is 7.79. The number of rotatable bonds is 3. The largest absolute Gasteiger partial charge is 0.397 e. The molecule has 3 N–H and O–H groups in total. The monoisotopic (exact) mass is 217 g/mol. The number of nitriles is 1. The molecule has 1 unspecified atom stereocenters. The summed E-state index contributed by atoms with van der Waals surface area (Å²) in [5, 5.41) is 12.0. The smallest absolute Gasteiger partial charge is 0.0992 e. The molecule has 0 aliphatic carbocycles. The number of anilines is 2. The van der Waals surface area contributed by atoms with E-state index in [1.54, 1.807) is 12.1 Å². The number of nitrogens with zero attached hydrogens (tertiary/aromatic N) is 1. The number of ether oxygens (including phenoxy) is 1. The lowest BCUT2D eigenvalue weighted by Crippen LogP contribution is -2.14. The maximum atomic E-state index is 8.71. The minimum absolute atomic E-state index is 0.565. The van der Waals surface area contributed by atoms with Gasteiger partial charge in [0, 0.05) is 19.1 Å². The zero-order valence-electron chi connectivity index (χ0n) is 9.07. The van der Waals surface area contributed by atoms with E-state index in [1.807, 2.05) is 6.07 Å². The average Bonchev–Trinajstić information content (AvgIpc) is 2.80. The van der Waals surface area contributed by atoms with Crippen LogP contribution in [0.3, 0.4) is 0 Å². The van der Waals surface area contributed by atoms with E-state index in [0.29, 0.717) is 17.2 Å². The topological polar surface area (TPSA) is 71.1 Å². The number of nitrogen functional groups attached to an aromatic ring is 1. The molecule has 1 fully saturated rings. The highest BCUT2D eigenvalue weighted by Gasteiger charge is 2.15. The molecule has 0 bridgehead atoms. The van der Waals surface area contributed by atoms with Crippen molar-refractivity contribution in [1.29, 1.82) is 5.26 Å². The molecule has 16 heavy (non-hydrogen) atoms. The van der Waals surface area contributed by atoms with Crippen LogP contribution < -0.4 is 11.1 Å². The molecule has 0 radical (unpaired) electrons. The summed E-state index contributed by atoms with van der Waals surface area (Å²) in [6.07, 6.45) is 1.10. The summed E-state index contributed by atoms with van der Waals surface area (Å²) in [5.74, 6) is 0.565. The zero-order chi connectivity index (χ0) is 11.4. The second kappa shape index (κ2) is 4.86. The second-order valence-electron chi connectivity index (χ2n) is 4.02. The molecule has 0 spiro atoms. The van der Waals surface area contributed by atoms with Crippen LogP contribution in [0.15, 0.2) is 18.2 Å². The number of hydrogen-bond donors (Lipinski definition) is 2. The van der Waals surface area contributed by atoms with Gasteiger partial charge >= 0.3 is 0 Å². The molecule has 1 heterocycles. The van der Waals surface area contributed by atoms with Gasteiger partial charge in [0.2, 0.25) is 0 Å². The molecule has 1 aromatic rings. The first-order valence-electron chi connectivity index (χ1n) is 5.41. The number of hydrogen-bond acceptors (Lipinski definition) is 4. The van der Waals surface area contributed by atoms with Crippen molar-refractivity contribution in [3.63, 3.8) is 0 Å². The maximum absolute atomic E-state index is 8.71. The Morgan fingerprint density at radius 1 is 1.56 bits per heavy atom. The van der Waals surface area contributed by atoms with Gasteiger partial charge in [0.25, 0.3) is 0 Å². The quantitative estimate of drug-likeness (QED) is 0.754. The van der Waals surface area contributed by atoms with E-state index < -0.39 is 0 Å². The Hall–Kier alpha value is -1.73. The molecule has 1 atom stereocenters. The highest BCUT2D eigenvalue weighted by atomic mass is 16.5. The van der Waals surface area contributed by atoms with Crippen molar-refractivity contribution in [3.05, 3.63) is 23.8 Å². The Morgan fingerprint density at radius 3 is 3.06 bits per heavy atom. The summed E-state index contributed by atoms with van der Waals surface area (Å²) >= 11 is 0. The van der Waals surface area contributed by atoms with Gasteiger partial charge in [-0.15, -0.1) is 0 Å². The van der Waals surface area contributed by atoms with Crippen molar-refractivity contribution in [2.45, 2.75) is 6.42 Å². The molecule has 1 aliphatic rings. The molecule has 84 valence electrons. The summed E-state index contributed by atoms with van der Waals surface area (Å²) in [7, 11) is 0. The van der Waals surface area contributed by atoms with Crippen molar-refractivity contribution in [2.75, 3.05) is 30.8 Å². The fraction of sp³-hybridized carbons (Fsp3) is 0.417. The van der Waals surface area contributed by atoms with Gasteiger partial charge in [-0.25, -0.2) is 0 Å². The lowest BCUT2D eigenvalue weighted by atomic mass is 10.1. The van der Waals surface area contributed by atoms with E-state index in [0.717, 1.165) is 31.9 Å². The van der Waals surface area contributed by atoms with E-state index in [4.69, 9.17) is 15.7 Å². The van der Waals surface area contributed by atoms with Crippen molar-refractivity contribution >= 4 is 11.4 Å². The van der Waals surface area contributed by atoms with E-state index in [1.165, 1.54) is 0 Å². The average molecular weight is 217 g/mol. The fourth-order valence-electron chi connectivity index (χ4n) is 1.79. The van der Waals surface area contributed by atoms with Crippen LogP contribution in [0.4, 0.5) is 11.4 Å². The Bertz CT molecular complexity index is 405. The Morgan fingerprint density at radius 2 is 2.44 bits per heavy atom. The molecule has 0 amide bonds. The number of nitrogens with two attached hydrogens (primary N) is 1. The van der Waals surface area contributed by atoms with Crippen LogP contribution in [0.2, 0.25) is 0 Å². The highest BCUT2D eigenvalue weighted by Crippen LogP contribution is 2.21. The highest BCUT2D eigenvalue weighted by molar-refractivity contribution is 5.68. The van der Waals surface area contributed by atoms with Crippen LogP contribution in [0.5, 0.6) is 0 Å². The Labute approximate surface area is 95.0 Å². The van der Waals surface area contributed by atoms with Gasteiger partial charge < -0.3 is 15.8 Å². The fourth-order valence-corrected chi connectivity index (χ4v) is 1.79. The van der Waals surface area contributed by atoms with Crippen LogP contribution in [-0.2, 0) is 4.74 Å². The molecule has 1 saturated heterocycles. The minimum atomic E-state index is 0.565. The number of nitrogens with one attached hydrogen (secondary N) is 1. The molecule has 2 rings (SSSR count). The van der Waals surface area contributed by atoms with Crippen molar-refractivity contribution in [1.82, 2.24) is 0 Å². The Kier molecular flexibility index (Phi) is 3.28. The maximum Gasteiger partial charge on any atom is 0.0992 e. The molecule has 1 aliphatic heterocycles. The van der Waals surface area contributed by atoms with Gasteiger partial charge in [-0.1, -0.05) is 0 Å². The predicted octanol–water partition coefficient (Wildman–Crippen LogP) is 1.59. The van der Waals surface area contributed by atoms with Gasteiger partial charge in [0.05, 0.1) is 29.6 Å². The number of benzene rings is 1. The SMILES string of the molecule is N#Cc1ccc(NCC2CCOC2)c(N)c1. The molecule has 4 heteroatoms. The van der Waals surface area contributed by atoms with E-state index in [2.05, 4.69) is 11.4 Å². The summed E-state index contributed by atoms with van der Waals surface area (Å²) in [5.41, 5.74) is 7.94. The third-order valence-electron chi connectivity index (χ3n) is 2.79. The third-order valence-corrected chi connectivity index (χ3v) is 2.79. The van der Waals surface area contributed by atoms with Crippen LogP contribution in [0.25, 0.3) is 0 Å². The zero-order valence-corrected chi connectivity index (χ0v) is 9.07. The summed E-state index contributed by atoms with van der Waals surface area (Å²) in [6, 6.07) is 7.37. The van der Waals surface area contributed by atoms with Gasteiger partial charge in [0.15, 0.2) is 0 Å². The van der Waals surface area contributed by atoms with Crippen LogP contribution in [0, 0.1) is 17.2 Å². The predicted molar refractivity (Wildman–Crippen MR) is 63.0 cm³/mol. The van der Waals surface area contributed by atoms with Gasteiger partial charge in [-0.3, -0.25) is 0 Å². The van der Waals surface area contributed by atoms with Crippen LogP contribution >= 0.6 is 0 Å². The summed E-state index contributed by atoms with van der Waals surface area (Å²) in [4.78, 5) is 0. The van der Waals surface area contributed by atoms with Gasteiger partial charge in [-0.05, 0) is 24.6 Å². The Balaban J connectivity index is 1.96. The van der Waals surface area contributed by atoms with Crippen molar-refractivity contribution in [2.24, 2.45) is 5.92 Å². The lowest BCUT2D eigenvalue weighted by Gasteiger charge is -2.12. The molecular formula is C12H15N3O. The first kappa shape index (κ1) is 10.8. The summed E-state index contributed by atoms with van der Waals surface area (Å²) < 4.78 is 5.30. The van der Waals surface area contributed by atoms with Crippen molar-refractivity contribution in [3.8, 4) is 6.07 Å².